The van der Waals surface area contributed by atoms with Crippen molar-refractivity contribution < 1.29 is 23.1 Å². The van der Waals surface area contributed by atoms with Gasteiger partial charge in [0.25, 0.3) is 0 Å². The van der Waals surface area contributed by atoms with Crippen LogP contribution in [0.1, 0.15) is 30.9 Å². The molecule has 38 heavy (non-hydrogen) atoms. The van der Waals surface area contributed by atoms with Crippen molar-refractivity contribution in [3.05, 3.63) is 65.2 Å². The topological polar surface area (TPSA) is 161 Å². The van der Waals surface area contributed by atoms with E-state index < -0.39 is 21.7 Å². The van der Waals surface area contributed by atoms with Crippen molar-refractivity contribution in [1.29, 1.82) is 10.8 Å². The molecule has 0 amide bonds. The van der Waals surface area contributed by atoms with Crippen LogP contribution in [0.2, 0.25) is 0 Å². The maximum atomic E-state index is 13.0. The van der Waals surface area contributed by atoms with E-state index in [1.807, 2.05) is 6.07 Å². The number of carboxylic acid groups (broad SMARTS) is 1. The Morgan fingerprint density at radius 1 is 1.21 bits per heavy atom. The van der Waals surface area contributed by atoms with Gasteiger partial charge < -0.3 is 21.0 Å². The molecule has 1 fully saturated rings. The van der Waals surface area contributed by atoms with Crippen LogP contribution in [0.3, 0.4) is 0 Å². The molecule has 0 bridgehead atoms. The smallest absolute Gasteiger partial charge is 0.320 e. The summed E-state index contributed by atoms with van der Waals surface area (Å²) in [7, 11) is -4.16. The number of anilines is 1. The fraction of sp³-hybridized carbons (Fsp3) is 0.346. The Hall–Kier alpha value is -3.41. The number of benzene rings is 2. The second kappa shape index (κ2) is 13.9. The molecule has 0 radical (unpaired) electrons. The van der Waals surface area contributed by atoms with Gasteiger partial charge >= 0.3 is 5.97 Å². The zero-order chi connectivity index (χ0) is 27.0. The molecule has 3 rings (SSSR count). The van der Waals surface area contributed by atoms with Crippen LogP contribution in [0.15, 0.2) is 54.1 Å². The van der Waals surface area contributed by atoms with Gasteiger partial charge in [-0.05, 0) is 55.7 Å². The summed E-state index contributed by atoms with van der Waals surface area (Å²) in [4.78, 5) is 13.5. The molecule has 0 aliphatic carbocycles. The highest BCUT2D eigenvalue weighted by Crippen LogP contribution is 2.26. The highest BCUT2D eigenvalue weighted by molar-refractivity contribution is 7.93. The maximum Gasteiger partial charge on any atom is 0.320 e. The van der Waals surface area contributed by atoms with E-state index in [4.69, 9.17) is 21.3 Å². The second-order valence-corrected chi connectivity index (χ2v) is 10.9. The van der Waals surface area contributed by atoms with Crippen LogP contribution in [0.5, 0.6) is 5.75 Å². The van der Waals surface area contributed by atoms with Crippen LogP contribution in [0.25, 0.3) is 6.08 Å². The Bertz CT molecular complexity index is 1260. The fourth-order valence-corrected chi connectivity index (χ4v) is 5.47. The number of hydrogen-bond donors (Lipinski definition) is 4. The molecule has 1 aliphatic rings. The van der Waals surface area contributed by atoms with E-state index in [1.165, 1.54) is 6.21 Å². The molecule has 206 valence electrons. The van der Waals surface area contributed by atoms with Gasteiger partial charge in [0.15, 0.2) is 5.75 Å². The van der Waals surface area contributed by atoms with Gasteiger partial charge in [0.05, 0.1) is 12.2 Å². The quantitative estimate of drug-likeness (QED) is 0.228. The minimum Gasteiger partial charge on any atom is -0.490 e. The van der Waals surface area contributed by atoms with Crippen LogP contribution in [-0.4, -0.2) is 74.5 Å². The average molecular weight is 564 g/mol. The van der Waals surface area contributed by atoms with E-state index in [2.05, 4.69) is 4.90 Å². The van der Waals surface area contributed by atoms with Gasteiger partial charge in [0.2, 0.25) is 10.0 Å². The SMILES string of the molecule is CC(=Cc1cccc(C(=N)N)c1)CN(c1ccc(OC2CCN(CC=N)CC2)cc1)S(=O)(=O)CC(=O)O.Cl. The van der Waals surface area contributed by atoms with E-state index in [-0.39, 0.29) is 30.9 Å². The molecule has 2 aromatic rings. The van der Waals surface area contributed by atoms with E-state index >= 15 is 0 Å². The number of nitrogens with two attached hydrogens (primary N) is 1. The number of likely N-dealkylation sites (tertiary alicyclic amines) is 1. The molecule has 0 spiro atoms. The van der Waals surface area contributed by atoms with Gasteiger partial charge in [-0.3, -0.25) is 19.4 Å². The summed E-state index contributed by atoms with van der Waals surface area (Å²) in [6.45, 7) is 4.04. The van der Waals surface area contributed by atoms with Gasteiger partial charge in [-0.1, -0.05) is 29.8 Å². The molecule has 0 unspecified atom stereocenters. The number of aliphatic carboxylic acids is 1. The molecule has 5 N–H and O–H groups in total. The van der Waals surface area contributed by atoms with E-state index in [9.17, 15) is 18.3 Å². The summed E-state index contributed by atoms with van der Waals surface area (Å²) in [5, 5.41) is 24.0. The van der Waals surface area contributed by atoms with Crippen LogP contribution in [0.4, 0.5) is 5.69 Å². The lowest BCUT2D eigenvalue weighted by molar-refractivity contribution is -0.134. The largest absolute Gasteiger partial charge is 0.490 e. The number of carbonyl (C=O) groups is 1. The van der Waals surface area contributed by atoms with Crippen LogP contribution in [0, 0.1) is 10.8 Å². The van der Waals surface area contributed by atoms with Crippen molar-refractivity contribution in [3.63, 3.8) is 0 Å². The minimum atomic E-state index is -4.16. The lowest BCUT2D eigenvalue weighted by Crippen LogP contribution is -2.39. The number of nitrogen functional groups attached to an aromatic ring is 1. The lowest BCUT2D eigenvalue weighted by atomic mass is 10.1. The van der Waals surface area contributed by atoms with Crippen molar-refractivity contribution in [2.24, 2.45) is 5.73 Å². The molecule has 0 aromatic heterocycles. The summed E-state index contributed by atoms with van der Waals surface area (Å²) in [5.74, 6) is -1.93. The molecule has 12 heteroatoms. The van der Waals surface area contributed by atoms with Gasteiger partial charge in [0, 0.05) is 31.4 Å². The minimum absolute atomic E-state index is 0. The Balaban J connectivity index is 0.00000507. The summed E-state index contributed by atoms with van der Waals surface area (Å²) >= 11 is 0. The zero-order valence-corrected chi connectivity index (χ0v) is 22.8. The molecule has 1 saturated heterocycles. The number of nitrogens with zero attached hydrogens (tertiary/aromatic N) is 2. The normalized spacial score (nSPS) is 14.8. The monoisotopic (exact) mass is 563 g/mol. The van der Waals surface area contributed by atoms with Crippen LogP contribution >= 0.6 is 12.4 Å². The van der Waals surface area contributed by atoms with Crippen molar-refractivity contribution >= 4 is 52.2 Å². The maximum absolute atomic E-state index is 13.0. The first-order valence-corrected chi connectivity index (χ1v) is 13.5. The number of carboxylic acids is 1. The molecular formula is C26H34ClN5O5S. The molecule has 10 nitrogen and oxygen atoms in total. The first-order chi connectivity index (χ1) is 17.6. The van der Waals surface area contributed by atoms with Gasteiger partial charge in [-0.15, -0.1) is 12.4 Å². The second-order valence-electron chi connectivity index (χ2n) is 9.00. The number of halogens is 1. The van der Waals surface area contributed by atoms with Crippen molar-refractivity contribution in [2.45, 2.75) is 25.9 Å². The summed E-state index contributed by atoms with van der Waals surface area (Å²) < 4.78 is 33.1. The summed E-state index contributed by atoms with van der Waals surface area (Å²) in [6, 6.07) is 13.6. The van der Waals surface area contributed by atoms with Crippen molar-refractivity contribution in [2.75, 3.05) is 36.2 Å². The van der Waals surface area contributed by atoms with Gasteiger partial charge in [-0.25, -0.2) is 8.42 Å². The molecule has 2 aromatic carbocycles. The van der Waals surface area contributed by atoms with E-state index in [1.54, 1.807) is 55.5 Å². The zero-order valence-electron chi connectivity index (χ0n) is 21.2. The standard InChI is InChI=1S/C26H33N5O5S.ClH/c1-19(15-20-3-2-4-21(16-20)26(28)29)17-31(37(34,35)18-25(32)33)22-5-7-23(8-6-22)36-24-9-12-30(13-10-24)14-11-27;/h2-8,11,15-16,24,27H,9-10,12-14,17-18H2,1H3,(H3,28,29)(H,32,33);1H. The average Bonchev–Trinajstić information content (AvgIpc) is 2.84. The fourth-order valence-electron chi connectivity index (χ4n) is 4.16. The Labute approximate surface area is 229 Å². The van der Waals surface area contributed by atoms with Gasteiger partial charge in [0.1, 0.15) is 17.7 Å². The number of nitrogens with one attached hydrogen (secondary N) is 2. The highest BCUT2D eigenvalue weighted by Gasteiger charge is 2.26. The third-order valence-corrected chi connectivity index (χ3v) is 7.58. The number of amidine groups is 1. The molecule has 0 atom stereocenters. The molecule has 1 aliphatic heterocycles. The van der Waals surface area contributed by atoms with Crippen molar-refractivity contribution in [3.8, 4) is 5.75 Å². The number of ether oxygens (including phenoxy) is 1. The van der Waals surface area contributed by atoms with Crippen molar-refractivity contribution in [1.82, 2.24) is 4.90 Å². The summed E-state index contributed by atoms with van der Waals surface area (Å²) in [5.41, 5.74) is 7.86. The highest BCUT2D eigenvalue weighted by atomic mass is 35.5. The van der Waals surface area contributed by atoms with Crippen LogP contribution in [-0.2, 0) is 14.8 Å². The lowest BCUT2D eigenvalue weighted by Gasteiger charge is -2.31. The molecule has 0 saturated carbocycles. The Morgan fingerprint density at radius 2 is 1.87 bits per heavy atom. The van der Waals surface area contributed by atoms with Gasteiger partial charge in [-0.2, -0.15) is 0 Å². The third kappa shape index (κ3) is 8.86. The van der Waals surface area contributed by atoms with Crippen LogP contribution < -0.4 is 14.8 Å². The number of hydrogen-bond acceptors (Lipinski definition) is 7. The number of sulfonamides is 1. The predicted molar refractivity (Wildman–Crippen MR) is 152 cm³/mol. The number of piperidine rings is 1. The molecular weight excluding hydrogens is 530 g/mol. The first kappa shape index (κ1) is 30.8. The Morgan fingerprint density at radius 3 is 2.45 bits per heavy atom. The third-order valence-electron chi connectivity index (χ3n) is 5.96. The van der Waals surface area contributed by atoms with E-state index in [0.29, 0.717) is 29.1 Å². The first-order valence-electron chi connectivity index (χ1n) is 11.9. The number of rotatable bonds is 12. The Kier molecular flexibility index (Phi) is 11.3. The predicted octanol–water partition coefficient (Wildman–Crippen LogP) is 3.21. The summed E-state index contributed by atoms with van der Waals surface area (Å²) in [6.07, 6.45) is 4.88. The molecule has 1 heterocycles. The van der Waals surface area contributed by atoms with E-state index in [0.717, 1.165) is 35.8 Å².